The van der Waals surface area contributed by atoms with Gasteiger partial charge >= 0.3 is 0 Å². The van der Waals surface area contributed by atoms with Crippen molar-refractivity contribution in [2.45, 2.75) is 32.4 Å². The standard InChI is InChI=1S/C11H18N2O2/c1-11(2,3)12-7-9(14)8-5-4-6-10(15)13-8/h4-6,9,12,14H,7H2,1-3H3,(H,13,15)/t9-/m0/s1. The average molecular weight is 210 g/mol. The van der Waals surface area contributed by atoms with Crippen LogP contribution in [0.3, 0.4) is 0 Å². The van der Waals surface area contributed by atoms with E-state index in [0.717, 1.165) is 0 Å². The first-order chi connectivity index (χ1) is 6.88. The number of nitrogens with one attached hydrogen (secondary N) is 2. The zero-order chi connectivity index (χ0) is 11.5. The van der Waals surface area contributed by atoms with E-state index in [1.807, 2.05) is 20.8 Å². The summed E-state index contributed by atoms with van der Waals surface area (Å²) in [5.74, 6) is 0. The molecule has 0 saturated carbocycles. The molecular weight excluding hydrogens is 192 g/mol. The van der Waals surface area contributed by atoms with Crippen LogP contribution in [0.25, 0.3) is 0 Å². The third-order valence-corrected chi connectivity index (χ3v) is 1.98. The highest BCUT2D eigenvalue weighted by atomic mass is 16.3. The molecule has 15 heavy (non-hydrogen) atoms. The van der Waals surface area contributed by atoms with Crippen molar-refractivity contribution in [2.24, 2.45) is 0 Å². The first kappa shape index (κ1) is 11.9. The molecule has 0 radical (unpaired) electrons. The van der Waals surface area contributed by atoms with Crippen LogP contribution in [-0.2, 0) is 0 Å². The number of pyridine rings is 1. The highest BCUT2D eigenvalue weighted by molar-refractivity contribution is 5.07. The van der Waals surface area contributed by atoms with E-state index in [1.54, 1.807) is 12.1 Å². The van der Waals surface area contributed by atoms with E-state index in [0.29, 0.717) is 12.2 Å². The third-order valence-electron chi connectivity index (χ3n) is 1.98. The molecule has 0 aromatic carbocycles. The van der Waals surface area contributed by atoms with E-state index in [9.17, 15) is 9.90 Å². The van der Waals surface area contributed by atoms with Crippen molar-refractivity contribution in [2.75, 3.05) is 6.54 Å². The topological polar surface area (TPSA) is 65.1 Å². The Morgan fingerprint density at radius 3 is 2.67 bits per heavy atom. The van der Waals surface area contributed by atoms with E-state index < -0.39 is 6.10 Å². The van der Waals surface area contributed by atoms with E-state index >= 15 is 0 Å². The number of hydrogen-bond donors (Lipinski definition) is 3. The molecule has 0 fully saturated rings. The van der Waals surface area contributed by atoms with Gasteiger partial charge in [-0.25, -0.2) is 0 Å². The van der Waals surface area contributed by atoms with Gasteiger partial charge in [0.05, 0.1) is 0 Å². The minimum atomic E-state index is -0.682. The third kappa shape index (κ3) is 4.27. The maximum Gasteiger partial charge on any atom is 0.248 e. The van der Waals surface area contributed by atoms with Gasteiger partial charge in [0.25, 0.3) is 0 Å². The molecule has 4 heteroatoms. The van der Waals surface area contributed by atoms with E-state index in [4.69, 9.17) is 0 Å². The molecule has 1 atom stereocenters. The van der Waals surface area contributed by atoms with Gasteiger partial charge in [0.1, 0.15) is 6.10 Å². The van der Waals surface area contributed by atoms with Gasteiger partial charge in [0.2, 0.25) is 5.56 Å². The number of hydrogen-bond acceptors (Lipinski definition) is 3. The Bertz CT molecular complexity index is 365. The maximum absolute atomic E-state index is 11.0. The van der Waals surface area contributed by atoms with Crippen LogP contribution in [0.1, 0.15) is 32.6 Å². The minimum absolute atomic E-state index is 0.0456. The maximum atomic E-state index is 11.0. The number of β-amino-alcohol motifs (C(OH)–C–C–N with tert-alkyl or cyclic N) is 1. The van der Waals surface area contributed by atoms with Gasteiger partial charge in [-0.05, 0) is 26.8 Å². The fraction of sp³-hybridized carbons (Fsp3) is 0.545. The Morgan fingerprint density at radius 1 is 1.47 bits per heavy atom. The van der Waals surface area contributed by atoms with Crippen LogP contribution in [-0.4, -0.2) is 22.2 Å². The predicted octanol–water partition coefficient (Wildman–Crippen LogP) is 0.796. The van der Waals surface area contributed by atoms with E-state index in [1.165, 1.54) is 6.07 Å². The van der Waals surface area contributed by atoms with Crippen molar-refractivity contribution in [1.82, 2.24) is 10.3 Å². The average Bonchev–Trinajstić information content (AvgIpc) is 2.13. The number of rotatable bonds is 3. The first-order valence-electron chi connectivity index (χ1n) is 5.01. The summed E-state index contributed by atoms with van der Waals surface area (Å²) < 4.78 is 0. The second-order valence-corrected chi connectivity index (χ2v) is 4.62. The lowest BCUT2D eigenvalue weighted by Gasteiger charge is -2.22. The minimum Gasteiger partial charge on any atom is -0.386 e. The monoisotopic (exact) mass is 210 g/mol. The number of H-pyrrole nitrogens is 1. The molecule has 0 amide bonds. The number of aromatic amines is 1. The highest BCUT2D eigenvalue weighted by Gasteiger charge is 2.13. The smallest absolute Gasteiger partial charge is 0.248 e. The van der Waals surface area contributed by atoms with Crippen LogP contribution in [0, 0.1) is 0 Å². The van der Waals surface area contributed by atoms with Crippen LogP contribution in [0.15, 0.2) is 23.0 Å². The SMILES string of the molecule is CC(C)(C)NC[C@H](O)c1cccc(=O)[nH]1. The summed E-state index contributed by atoms with van der Waals surface area (Å²) in [5.41, 5.74) is 0.303. The van der Waals surface area contributed by atoms with E-state index in [2.05, 4.69) is 10.3 Å². The normalized spacial score (nSPS) is 13.9. The Hall–Kier alpha value is -1.13. The van der Waals surface area contributed by atoms with Crippen LogP contribution in [0.2, 0.25) is 0 Å². The fourth-order valence-electron chi connectivity index (χ4n) is 1.17. The van der Waals surface area contributed by atoms with Gasteiger partial charge in [-0.1, -0.05) is 6.07 Å². The van der Waals surface area contributed by atoms with Gasteiger partial charge in [-0.15, -0.1) is 0 Å². The summed E-state index contributed by atoms with van der Waals surface area (Å²) in [6.45, 7) is 6.48. The van der Waals surface area contributed by atoms with Crippen LogP contribution < -0.4 is 10.9 Å². The summed E-state index contributed by atoms with van der Waals surface area (Å²) in [5, 5.41) is 12.9. The molecule has 0 bridgehead atoms. The molecule has 1 aromatic heterocycles. The van der Waals surface area contributed by atoms with E-state index in [-0.39, 0.29) is 11.1 Å². The number of aliphatic hydroxyl groups excluding tert-OH is 1. The van der Waals surface area contributed by atoms with Crippen molar-refractivity contribution in [3.8, 4) is 0 Å². The number of aliphatic hydroxyl groups is 1. The van der Waals surface area contributed by atoms with Crippen molar-refractivity contribution in [3.05, 3.63) is 34.2 Å². The first-order valence-corrected chi connectivity index (χ1v) is 5.01. The second-order valence-electron chi connectivity index (χ2n) is 4.62. The zero-order valence-electron chi connectivity index (χ0n) is 9.37. The molecule has 3 N–H and O–H groups in total. The summed E-state index contributed by atoms with van der Waals surface area (Å²) in [6, 6.07) is 4.76. The second kappa shape index (κ2) is 4.59. The highest BCUT2D eigenvalue weighted by Crippen LogP contribution is 2.08. The van der Waals surface area contributed by atoms with Crippen LogP contribution in [0.4, 0.5) is 0 Å². The molecule has 1 aromatic rings. The summed E-state index contributed by atoms with van der Waals surface area (Å²) >= 11 is 0. The van der Waals surface area contributed by atoms with Gasteiger partial charge in [0.15, 0.2) is 0 Å². The molecule has 0 aliphatic heterocycles. The largest absolute Gasteiger partial charge is 0.386 e. The van der Waals surface area contributed by atoms with Crippen LogP contribution >= 0.6 is 0 Å². The molecule has 0 aliphatic carbocycles. The summed E-state index contributed by atoms with van der Waals surface area (Å²) in [4.78, 5) is 13.6. The van der Waals surface area contributed by atoms with Crippen molar-refractivity contribution in [3.63, 3.8) is 0 Å². The fourth-order valence-corrected chi connectivity index (χ4v) is 1.17. The van der Waals surface area contributed by atoms with Gasteiger partial charge in [0, 0.05) is 23.8 Å². The Morgan fingerprint density at radius 2 is 2.13 bits per heavy atom. The molecule has 1 rings (SSSR count). The molecule has 0 spiro atoms. The quantitative estimate of drug-likeness (QED) is 0.691. The van der Waals surface area contributed by atoms with Crippen LogP contribution in [0.5, 0.6) is 0 Å². The Labute approximate surface area is 89.3 Å². The lowest BCUT2D eigenvalue weighted by atomic mass is 10.1. The van der Waals surface area contributed by atoms with Gasteiger partial charge < -0.3 is 15.4 Å². The lowest BCUT2D eigenvalue weighted by molar-refractivity contribution is 0.158. The summed E-state index contributed by atoms with van der Waals surface area (Å²) in [7, 11) is 0. The molecule has 84 valence electrons. The zero-order valence-corrected chi connectivity index (χ0v) is 9.37. The lowest BCUT2D eigenvalue weighted by Crippen LogP contribution is -2.38. The van der Waals surface area contributed by atoms with Gasteiger partial charge in [-0.2, -0.15) is 0 Å². The van der Waals surface area contributed by atoms with Crippen molar-refractivity contribution >= 4 is 0 Å². The molecule has 1 heterocycles. The molecule has 0 saturated heterocycles. The molecular formula is C11H18N2O2. The number of aromatic nitrogens is 1. The summed E-state index contributed by atoms with van der Waals surface area (Å²) in [6.07, 6.45) is -0.682. The Kier molecular flexibility index (Phi) is 3.66. The molecule has 0 unspecified atom stereocenters. The molecule has 4 nitrogen and oxygen atoms in total. The Balaban J connectivity index is 2.62. The molecule has 0 aliphatic rings. The predicted molar refractivity (Wildman–Crippen MR) is 59.8 cm³/mol. The van der Waals surface area contributed by atoms with Gasteiger partial charge in [-0.3, -0.25) is 4.79 Å². The van der Waals surface area contributed by atoms with Crippen molar-refractivity contribution in [1.29, 1.82) is 0 Å². The van der Waals surface area contributed by atoms with Crippen molar-refractivity contribution < 1.29 is 5.11 Å².